The summed E-state index contributed by atoms with van der Waals surface area (Å²) in [5, 5.41) is 16.0. The van der Waals surface area contributed by atoms with Gasteiger partial charge in [0, 0.05) is 11.8 Å². The van der Waals surface area contributed by atoms with Crippen molar-refractivity contribution in [1.29, 1.82) is 0 Å². The molecule has 2 N–H and O–H groups in total. The van der Waals surface area contributed by atoms with E-state index in [-0.39, 0.29) is 18.4 Å². The van der Waals surface area contributed by atoms with Gasteiger partial charge in [-0.05, 0) is 17.5 Å². The Morgan fingerprint density at radius 2 is 2.29 bits per heavy atom. The summed E-state index contributed by atoms with van der Waals surface area (Å²) < 4.78 is 0. The summed E-state index contributed by atoms with van der Waals surface area (Å²) in [5.74, 6) is -0.0938. The molecular weight excluding hydrogens is 284 g/mol. The predicted octanol–water partition coefficient (Wildman–Crippen LogP) is 2.02. The van der Waals surface area contributed by atoms with Crippen molar-refractivity contribution < 1.29 is 9.90 Å². The minimum Gasteiger partial charge on any atom is -0.390 e. The molecule has 1 aliphatic rings. The summed E-state index contributed by atoms with van der Waals surface area (Å²) >= 11 is 1.58. The van der Waals surface area contributed by atoms with Crippen LogP contribution < -0.4 is 5.32 Å². The third kappa shape index (κ3) is 2.99. The molecule has 0 radical (unpaired) electrons. The molecule has 3 rings (SSSR count). The van der Waals surface area contributed by atoms with Crippen molar-refractivity contribution in [2.75, 3.05) is 0 Å². The van der Waals surface area contributed by atoms with Gasteiger partial charge in [-0.3, -0.25) is 4.79 Å². The number of carbonyl (C=O) groups is 1. The molecule has 1 aromatic heterocycles. The van der Waals surface area contributed by atoms with E-state index in [4.69, 9.17) is 0 Å². The molecule has 21 heavy (non-hydrogen) atoms. The number of aliphatic hydroxyl groups is 1. The van der Waals surface area contributed by atoms with Gasteiger partial charge < -0.3 is 10.4 Å². The van der Waals surface area contributed by atoms with Crippen LogP contribution in [-0.2, 0) is 24.1 Å². The van der Waals surface area contributed by atoms with Gasteiger partial charge in [-0.2, -0.15) is 0 Å². The summed E-state index contributed by atoms with van der Waals surface area (Å²) in [6.45, 7) is 2.05. The molecule has 1 heterocycles. The molecule has 1 aliphatic carbocycles. The van der Waals surface area contributed by atoms with E-state index in [1.807, 2.05) is 29.6 Å². The van der Waals surface area contributed by atoms with Gasteiger partial charge in [0.2, 0.25) is 5.91 Å². The molecule has 1 aromatic carbocycles. The first-order valence-electron chi connectivity index (χ1n) is 7.16. The van der Waals surface area contributed by atoms with Gasteiger partial charge in [0.15, 0.2) is 0 Å². The number of fused-ring (bicyclic) bond motifs is 1. The third-order valence-corrected chi connectivity index (χ3v) is 4.81. The molecule has 0 saturated heterocycles. The quantitative estimate of drug-likeness (QED) is 0.908. The van der Waals surface area contributed by atoms with E-state index in [2.05, 4.69) is 17.2 Å². The number of amides is 1. The molecular formula is C16H18N2O2S. The fourth-order valence-electron chi connectivity index (χ4n) is 2.73. The van der Waals surface area contributed by atoms with Crippen molar-refractivity contribution in [3.8, 4) is 0 Å². The maximum absolute atomic E-state index is 12.2. The number of aromatic nitrogens is 1. The number of rotatable bonds is 4. The van der Waals surface area contributed by atoms with Crippen LogP contribution in [0.15, 0.2) is 29.6 Å². The van der Waals surface area contributed by atoms with Crippen molar-refractivity contribution in [3.63, 3.8) is 0 Å². The molecule has 2 atom stereocenters. The first-order valence-corrected chi connectivity index (χ1v) is 8.04. The van der Waals surface area contributed by atoms with Gasteiger partial charge in [0.05, 0.1) is 29.3 Å². The van der Waals surface area contributed by atoms with E-state index in [9.17, 15) is 9.90 Å². The molecule has 5 heteroatoms. The molecule has 0 saturated carbocycles. The lowest BCUT2D eigenvalue weighted by Gasteiger charge is -2.17. The minimum atomic E-state index is -0.548. The van der Waals surface area contributed by atoms with E-state index < -0.39 is 6.10 Å². The van der Waals surface area contributed by atoms with Gasteiger partial charge in [0.25, 0.3) is 0 Å². The molecule has 0 aliphatic heterocycles. The zero-order valence-electron chi connectivity index (χ0n) is 11.9. The normalized spacial score (nSPS) is 20.3. The number of carbonyl (C=O) groups excluding carboxylic acids is 1. The number of hydrogen-bond donors (Lipinski definition) is 2. The van der Waals surface area contributed by atoms with Crippen molar-refractivity contribution >= 4 is 17.2 Å². The highest BCUT2D eigenvalue weighted by molar-refractivity contribution is 7.09. The third-order valence-electron chi connectivity index (χ3n) is 3.76. The Morgan fingerprint density at radius 3 is 3.05 bits per heavy atom. The average Bonchev–Trinajstić information content (AvgIpc) is 3.04. The summed E-state index contributed by atoms with van der Waals surface area (Å²) in [7, 11) is 0. The van der Waals surface area contributed by atoms with Crippen LogP contribution in [0.3, 0.4) is 0 Å². The number of nitrogens with zero attached hydrogens (tertiary/aromatic N) is 1. The maximum Gasteiger partial charge on any atom is 0.226 e. The van der Waals surface area contributed by atoms with Crippen LogP contribution in [-0.4, -0.2) is 22.1 Å². The summed E-state index contributed by atoms with van der Waals surface area (Å²) in [6, 6.07) is 7.55. The van der Waals surface area contributed by atoms with Crippen molar-refractivity contribution in [3.05, 3.63) is 51.5 Å². The maximum atomic E-state index is 12.2. The highest BCUT2D eigenvalue weighted by Crippen LogP contribution is 2.31. The van der Waals surface area contributed by atoms with Crippen LogP contribution in [0.1, 0.15) is 34.8 Å². The summed E-state index contributed by atoms with van der Waals surface area (Å²) in [6.07, 6.45) is 1.20. The van der Waals surface area contributed by atoms with Crippen LogP contribution in [0.5, 0.6) is 0 Å². The lowest BCUT2D eigenvalue weighted by molar-refractivity contribution is -0.122. The molecule has 4 nitrogen and oxygen atoms in total. The Hall–Kier alpha value is -1.72. The smallest absolute Gasteiger partial charge is 0.226 e. The second-order valence-corrected chi connectivity index (χ2v) is 6.22. The molecule has 0 fully saturated rings. The first-order chi connectivity index (χ1) is 10.2. The first kappa shape index (κ1) is 14.2. The lowest BCUT2D eigenvalue weighted by Crippen LogP contribution is -2.34. The minimum absolute atomic E-state index is 0.0938. The molecule has 2 aromatic rings. The van der Waals surface area contributed by atoms with Crippen LogP contribution in [0, 0.1) is 0 Å². The fourth-order valence-corrected chi connectivity index (χ4v) is 3.47. The largest absolute Gasteiger partial charge is 0.390 e. The second kappa shape index (κ2) is 5.95. The van der Waals surface area contributed by atoms with E-state index in [1.165, 1.54) is 0 Å². The Morgan fingerprint density at radius 1 is 1.48 bits per heavy atom. The molecule has 1 amide bonds. The number of aliphatic hydroxyl groups excluding tert-OH is 1. The van der Waals surface area contributed by atoms with Gasteiger partial charge in [-0.25, -0.2) is 4.98 Å². The van der Waals surface area contributed by atoms with Crippen LogP contribution in [0.25, 0.3) is 0 Å². The van der Waals surface area contributed by atoms with Gasteiger partial charge >= 0.3 is 0 Å². The fraction of sp³-hybridized carbons (Fsp3) is 0.375. The predicted molar refractivity (Wildman–Crippen MR) is 82.2 cm³/mol. The number of nitrogens with one attached hydrogen (secondary N) is 1. The van der Waals surface area contributed by atoms with E-state index in [0.29, 0.717) is 6.42 Å². The highest BCUT2D eigenvalue weighted by atomic mass is 32.1. The lowest BCUT2D eigenvalue weighted by atomic mass is 10.1. The van der Waals surface area contributed by atoms with Crippen molar-refractivity contribution in [2.45, 2.75) is 38.3 Å². The van der Waals surface area contributed by atoms with E-state index >= 15 is 0 Å². The zero-order valence-corrected chi connectivity index (χ0v) is 12.7. The number of hydrogen-bond acceptors (Lipinski definition) is 4. The number of aryl methyl sites for hydroxylation is 1. The van der Waals surface area contributed by atoms with E-state index in [0.717, 1.165) is 28.2 Å². The van der Waals surface area contributed by atoms with Gasteiger partial charge in [0.1, 0.15) is 0 Å². The Bertz CT molecular complexity index is 653. The molecule has 0 unspecified atom stereocenters. The van der Waals surface area contributed by atoms with Crippen LogP contribution >= 0.6 is 11.3 Å². The number of thiazole rings is 1. The Balaban J connectivity index is 1.67. The van der Waals surface area contributed by atoms with E-state index in [1.54, 1.807) is 11.3 Å². The molecule has 0 bridgehead atoms. The second-order valence-electron chi connectivity index (χ2n) is 5.28. The van der Waals surface area contributed by atoms with Crippen LogP contribution in [0.2, 0.25) is 0 Å². The SMILES string of the molecule is CCc1nc(CC(=O)N[C@H]2c3ccccc3C[C@H]2O)cs1. The zero-order chi connectivity index (χ0) is 14.8. The monoisotopic (exact) mass is 302 g/mol. The molecule has 0 spiro atoms. The Labute approximate surface area is 127 Å². The van der Waals surface area contributed by atoms with Gasteiger partial charge in [-0.1, -0.05) is 31.2 Å². The van der Waals surface area contributed by atoms with Crippen LogP contribution in [0.4, 0.5) is 0 Å². The standard InChI is InChI=1S/C16H18N2O2S/c1-2-15-17-11(9-21-15)8-14(20)18-16-12-6-4-3-5-10(12)7-13(16)19/h3-6,9,13,16,19H,2,7-8H2,1H3,(H,18,20)/t13-,16+/m1/s1. The average molecular weight is 302 g/mol. The Kier molecular flexibility index (Phi) is 4.03. The highest BCUT2D eigenvalue weighted by Gasteiger charge is 2.31. The number of benzene rings is 1. The summed E-state index contributed by atoms with van der Waals surface area (Å²) in [4.78, 5) is 16.6. The van der Waals surface area contributed by atoms with Crippen molar-refractivity contribution in [1.82, 2.24) is 10.3 Å². The van der Waals surface area contributed by atoms with Crippen molar-refractivity contribution in [2.24, 2.45) is 0 Å². The van der Waals surface area contributed by atoms with Gasteiger partial charge in [-0.15, -0.1) is 11.3 Å². The molecule has 110 valence electrons. The summed E-state index contributed by atoms with van der Waals surface area (Å²) in [5.41, 5.74) is 2.93. The topological polar surface area (TPSA) is 62.2 Å².